The minimum Gasteiger partial charge on any atom is -0.492 e. The summed E-state index contributed by atoms with van der Waals surface area (Å²) in [5, 5.41) is 6.33. The fourth-order valence-corrected chi connectivity index (χ4v) is 2.22. The van der Waals surface area contributed by atoms with Crippen LogP contribution < -0.4 is 15.4 Å². The molecule has 0 fully saturated rings. The average molecular weight is 370 g/mol. The summed E-state index contributed by atoms with van der Waals surface area (Å²) in [6, 6.07) is 7.04. The van der Waals surface area contributed by atoms with Gasteiger partial charge in [0.1, 0.15) is 12.4 Å². The van der Waals surface area contributed by atoms with Crippen LogP contribution in [0.15, 0.2) is 24.3 Å². The number of ether oxygens (including phenoxy) is 1. The minimum absolute atomic E-state index is 0.0896. The van der Waals surface area contributed by atoms with Crippen molar-refractivity contribution in [3.8, 4) is 5.75 Å². The first-order valence-corrected chi connectivity index (χ1v) is 8.76. The summed E-state index contributed by atoms with van der Waals surface area (Å²) in [5.74, 6) is 0.478. The largest absolute Gasteiger partial charge is 0.492 e. The molecule has 140 valence electrons. The van der Waals surface area contributed by atoms with Crippen molar-refractivity contribution in [2.45, 2.75) is 33.2 Å². The molecule has 25 heavy (non-hydrogen) atoms. The van der Waals surface area contributed by atoms with Gasteiger partial charge in [-0.2, -0.15) is 0 Å². The van der Waals surface area contributed by atoms with E-state index >= 15 is 0 Å². The molecule has 2 amide bonds. The van der Waals surface area contributed by atoms with Gasteiger partial charge in [-0.3, -0.25) is 14.5 Å². The number of rotatable bonds is 9. The predicted molar refractivity (Wildman–Crippen MR) is 100.0 cm³/mol. The zero-order valence-corrected chi connectivity index (χ0v) is 16.2. The Morgan fingerprint density at radius 1 is 1.12 bits per heavy atom. The number of nitrogens with zero attached hydrogens (tertiary/aromatic N) is 1. The summed E-state index contributed by atoms with van der Waals surface area (Å²) >= 11 is 5.80. The van der Waals surface area contributed by atoms with Crippen LogP contribution in [0.4, 0.5) is 0 Å². The Labute approximate surface area is 154 Å². The number of carbonyl (C=O) groups excluding carboxylic acids is 2. The molecule has 0 aliphatic carbocycles. The number of halogens is 1. The SMILES string of the molecule is CCN(CC(=O)NCCOc1ccc(Cl)cc1)CC(=O)NC(C)(C)C. The van der Waals surface area contributed by atoms with E-state index in [0.717, 1.165) is 0 Å². The van der Waals surface area contributed by atoms with Gasteiger partial charge in [-0.15, -0.1) is 0 Å². The first-order valence-electron chi connectivity index (χ1n) is 8.38. The number of hydrogen-bond acceptors (Lipinski definition) is 4. The molecule has 0 aromatic heterocycles. The summed E-state index contributed by atoms with van der Waals surface area (Å²) in [6.07, 6.45) is 0. The molecular formula is C18H28ClN3O3. The van der Waals surface area contributed by atoms with Crippen molar-refractivity contribution >= 4 is 23.4 Å². The molecule has 0 bridgehead atoms. The Morgan fingerprint density at radius 3 is 2.28 bits per heavy atom. The molecule has 0 unspecified atom stereocenters. The lowest BCUT2D eigenvalue weighted by molar-refractivity contribution is -0.125. The number of likely N-dealkylation sites (N-methyl/N-ethyl adjacent to an activating group) is 1. The molecule has 0 saturated carbocycles. The molecule has 0 heterocycles. The van der Waals surface area contributed by atoms with Gasteiger partial charge >= 0.3 is 0 Å². The third-order valence-electron chi connectivity index (χ3n) is 3.20. The lowest BCUT2D eigenvalue weighted by Gasteiger charge is -2.24. The third-order valence-corrected chi connectivity index (χ3v) is 3.45. The highest BCUT2D eigenvalue weighted by Crippen LogP contribution is 2.15. The van der Waals surface area contributed by atoms with E-state index < -0.39 is 0 Å². The zero-order valence-electron chi connectivity index (χ0n) is 15.4. The number of carbonyl (C=O) groups is 2. The summed E-state index contributed by atoms with van der Waals surface area (Å²) in [5.41, 5.74) is -0.280. The maximum atomic E-state index is 12.0. The zero-order chi connectivity index (χ0) is 18.9. The van der Waals surface area contributed by atoms with Crippen LogP contribution in [0.3, 0.4) is 0 Å². The van der Waals surface area contributed by atoms with E-state index in [4.69, 9.17) is 16.3 Å². The molecule has 1 aromatic carbocycles. The topological polar surface area (TPSA) is 70.7 Å². The molecule has 0 atom stereocenters. The van der Waals surface area contributed by atoms with E-state index in [1.165, 1.54) is 0 Å². The van der Waals surface area contributed by atoms with Crippen LogP contribution in [0.25, 0.3) is 0 Å². The number of hydrogen-bond donors (Lipinski definition) is 2. The second kappa shape index (κ2) is 10.3. The van der Waals surface area contributed by atoms with Crippen LogP contribution in [-0.2, 0) is 9.59 Å². The molecule has 0 aliphatic heterocycles. The molecule has 0 radical (unpaired) electrons. The molecule has 0 saturated heterocycles. The smallest absolute Gasteiger partial charge is 0.234 e. The van der Waals surface area contributed by atoms with E-state index in [1.54, 1.807) is 29.2 Å². The van der Waals surface area contributed by atoms with Crippen LogP contribution in [0, 0.1) is 0 Å². The van der Waals surface area contributed by atoms with Crippen LogP contribution in [-0.4, -0.2) is 55.0 Å². The van der Waals surface area contributed by atoms with Crippen molar-refractivity contribution in [3.63, 3.8) is 0 Å². The summed E-state index contributed by atoms with van der Waals surface area (Å²) in [4.78, 5) is 25.7. The van der Waals surface area contributed by atoms with Gasteiger partial charge in [0.15, 0.2) is 0 Å². The van der Waals surface area contributed by atoms with Crippen LogP contribution in [0.5, 0.6) is 5.75 Å². The second-order valence-corrected chi connectivity index (χ2v) is 7.19. The normalized spacial score (nSPS) is 11.3. The van der Waals surface area contributed by atoms with E-state index in [0.29, 0.717) is 30.5 Å². The standard InChI is InChI=1S/C18H28ClN3O3/c1-5-22(13-17(24)21-18(2,3)4)12-16(23)20-10-11-25-15-8-6-14(19)7-9-15/h6-9H,5,10-13H2,1-4H3,(H,20,23)(H,21,24). The maximum absolute atomic E-state index is 12.0. The van der Waals surface area contributed by atoms with E-state index in [9.17, 15) is 9.59 Å². The van der Waals surface area contributed by atoms with Crippen molar-refractivity contribution < 1.29 is 14.3 Å². The summed E-state index contributed by atoms with van der Waals surface area (Å²) < 4.78 is 5.51. The highest BCUT2D eigenvalue weighted by Gasteiger charge is 2.17. The van der Waals surface area contributed by atoms with Gasteiger partial charge in [-0.05, 0) is 51.6 Å². The number of benzene rings is 1. The second-order valence-electron chi connectivity index (χ2n) is 6.75. The lowest BCUT2D eigenvalue weighted by Crippen LogP contribution is -2.48. The molecule has 0 spiro atoms. The van der Waals surface area contributed by atoms with Gasteiger partial charge in [0.05, 0.1) is 19.6 Å². The molecule has 1 rings (SSSR count). The molecule has 7 heteroatoms. The molecule has 0 aliphatic rings. The van der Waals surface area contributed by atoms with Gasteiger partial charge in [-0.1, -0.05) is 18.5 Å². The van der Waals surface area contributed by atoms with Gasteiger partial charge in [0.25, 0.3) is 0 Å². The Kier molecular flexibility index (Phi) is 8.72. The summed E-state index contributed by atoms with van der Waals surface area (Å²) in [6.45, 7) is 9.44. The summed E-state index contributed by atoms with van der Waals surface area (Å²) in [7, 11) is 0. The first kappa shape index (κ1) is 21.3. The van der Waals surface area contributed by atoms with Crippen molar-refractivity contribution in [1.29, 1.82) is 0 Å². The highest BCUT2D eigenvalue weighted by atomic mass is 35.5. The molecule has 6 nitrogen and oxygen atoms in total. The van der Waals surface area contributed by atoms with Crippen LogP contribution in [0.2, 0.25) is 5.02 Å². The minimum atomic E-state index is -0.280. The van der Waals surface area contributed by atoms with Gasteiger partial charge in [0.2, 0.25) is 11.8 Å². The van der Waals surface area contributed by atoms with Crippen LogP contribution >= 0.6 is 11.6 Å². The van der Waals surface area contributed by atoms with Crippen LogP contribution in [0.1, 0.15) is 27.7 Å². The van der Waals surface area contributed by atoms with Crippen molar-refractivity contribution in [3.05, 3.63) is 29.3 Å². The third kappa shape index (κ3) is 9.94. The highest BCUT2D eigenvalue weighted by molar-refractivity contribution is 6.30. The van der Waals surface area contributed by atoms with Crippen molar-refractivity contribution in [1.82, 2.24) is 15.5 Å². The van der Waals surface area contributed by atoms with Crippen molar-refractivity contribution in [2.75, 3.05) is 32.8 Å². The number of amides is 2. The van der Waals surface area contributed by atoms with Crippen molar-refractivity contribution in [2.24, 2.45) is 0 Å². The maximum Gasteiger partial charge on any atom is 0.234 e. The quantitative estimate of drug-likeness (QED) is 0.654. The number of nitrogens with one attached hydrogen (secondary N) is 2. The fraction of sp³-hybridized carbons (Fsp3) is 0.556. The van der Waals surface area contributed by atoms with Gasteiger partial charge in [0, 0.05) is 10.6 Å². The molecular weight excluding hydrogens is 342 g/mol. The van der Waals surface area contributed by atoms with E-state index in [1.807, 2.05) is 27.7 Å². The predicted octanol–water partition coefficient (Wildman–Crippen LogP) is 2.07. The van der Waals surface area contributed by atoms with Gasteiger partial charge in [-0.25, -0.2) is 0 Å². The van der Waals surface area contributed by atoms with E-state index in [2.05, 4.69) is 10.6 Å². The monoisotopic (exact) mass is 369 g/mol. The Balaban J connectivity index is 2.26. The Hall–Kier alpha value is -1.79. The molecule has 1 aromatic rings. The fourth-order valence-electron chi connectivity index (χ4n) is 2.09. The lowest BCUT2D eigenvalue weighted by atomic mass is 10.1. The first-order chi connectivity index (χ1) is 11.7. The average Bonchev–Trinajstić information content (AvgIpc) is 2.50. The van der Waals surface area contributed by atoms with E-state index in [-0.39, 0.29) is 30.4 Å². The Bertz CT molecular complexity index is 556. The Morgan fingerprint density at radius 2 is 1.72 bits per heavy atom. The van der Waals surface area contributed by atoms with Gasteiger partial charge < -0.3 is 15.4 Å². The molecule has 2 N–H and O–H groups in total.